The topological polar surface area (TPSA) is 99.2 Å². The van der Waals surface area contributed by atoms with Crippen LogP contribution in [0.4, 0.5) is 0 Å². The van der Waals surface area contributed by atoms with Crippen LogP contribution >= 0.6 is 0 Å². The molecule has 3 aromatic rings. The monoisotopic (exact) mass is 374 g/mol. The Bertz CT molecular complexity index is 988. The van der Waals surface area contributed by atoms with Crippen molar-refractivity contribution in [2.75, 3.05) is 20.3 Å². The van der Waals surface area contributed by atoms with Gasteiger partial charge in [-0.3, -0.25) is 9.19 Å². The largest absolute Gasteiger partial charge is 0.490 e. The molecule has 26 heavy (non-hydrogen) atoms. The van der Waals surface area contributed by atoms with Crippen molar-refractivity contribution in [2.45, 2.75) is 24.4 Å². The summed E-state index contributed by atoms with van der Waals surface area (Å²) in [6.07, 6.45) is 1.73. The lowest BCUT2D eigenvalue weighted by atomic mass is 10.1. The van der Waals surface area contributed by atoms with Crippen LogP contribution < -0.4 is 9.47 Å². The number of H-pyrrole nitrogens is 1. The molecule has 136 valence electrons. The second-order valence-corrected chi connectivity index (χ2v) is 7.21. The number of rotatable bonds is 4. The fourth-order valence-corrected chi connectivity index (χ4v) is 3.87. The minimum Gasteiger partial charge on any atom is -0.490 e. The Morgan fingerprint density at radius 1 is 1.31 bits per heavy atom. The number of nitrogens with one attached hydrogen (secondary N) is 1. The molecule has 0 aliphatic carbocycles. The number of ether oxygens (including phenoxy) is 3. The molecule has 0 fully saturated rings. The van der Waals surface area contributed by atoms with Gasteiger partial charge in [-0.25, -0.2) is 4.98 Å². The smallest absolute Gasteiger partial charge is 0.215 e. The Morgan fingerprint density at radius 3 is 3.04 bits per heavy atom. The molecule has 0 bridgehead atoms. The zero-order valence-corrected chi connectivity index (χ0v) is 15.3. The lowest BCUT2D eigenvalue weighted by molar-refractivity contribution is 0.106. The van der Waals surface area contributed by atoms with Crippen LogP contribution in [0.3, 0.4) is 0 Å². The SMILES string of the molecule is COc1ccc2[nH]c(S(=O)Cc3ncc4c(c3C)OCCOC4)nc2n1. The molecule has 1 aliphatic heterocycles. The Labute approximate surface area is 152 Å². The van der Waals surface area contributed by atoms with E-state index < -0.39 is 10.8 Å². The lowest BCUT2D eigenvalue weighted by Gasteiger charge is -2.12. The average molecular weight is 374 g/mol. The van der Waals surface area contributed by atoms with Crippen LogP contribution in [-0.2, 0) is 27.9 Å². The fourth-order valence-electron chi connectivity index (χ4n) is 2.78. The summed E-state index contributed by atoms with van der Waals surface area (Å²) in [7, 11) is 0.154. The van der Waals surface area contributed by atoms with Gasteiger partial charge in [-0.2, -0.15) is 4.98 Å². The first-order valence-corrected chi connectivity index (χ1v) is 9.44. The number of hydrogen-bond acceptors (Lipinski definition) is 7. The summed E-state index contributed by atoms with van der Waals surface area (Å²) in [5.74, 6) is 1.48. The van der Waals surface area contributed by atoms with E-state index in [9.17, 15) is 4.21 Å². The summed E-state index contributed by atoms with van der Waals surface area (Å²) in [6.45, 7) is 3.45. The fraction of sp³-hybridized carbons (Fsp3) is 0.353. The standard InChI is InChI=1S/C17H18N4O4S/c1-10-13(18-7-11-8-24-5-6-25-15(10)11)9-26(22)17-19-12-3-4-14(23-2)20-16(12)21-17/h3-4,7H,5-6,8-9H2,1-2H3,(H,19,20,21). The predicted molar refractivity (Wildman–Crippen MR) is 94.7 cm³/mol. The third-order valence-electron chi connectivity index (χ3n) is 4.16. The summed E-state index contributed by atoms with van der Waals surface area (Å²) in [6, 6.07) is 3.53. The maximum atomic E-state index is 12.8. The first kappa shape index (κ1) is 16.9. The van der Waals surface area contributed by atoms with Crippen molar-refractivity contribution in [3.05, 3.63) is 35.2 Å². The molecule has 0 saturated heterocycles. The molecule has 0 spiro atoms. The van der Waals surface area contributed by atoms with Crippen molar-refractivity contribution >= 4 is 22.0 Å². The zero-order valence-electron chi connectivity index (χ0n) is 14.4. The maximum absolute atomic E-state index is 12.8. The number of aromatic amines is 1. The summed E-state index contributed by atoms with van der Waals surface area (Å²) in [4.78, 5) is 16.1. The second kappa shape index (κ2) is 7.00. The van der Waals surface area contributed by atoms with E-state index in [4.69, 9.17) is 14.2 Å². The van der Waals surface area contributed by atoms with E-state index in [1.165, 1.54) is 0 Å². The van der Waals surface area contributed by atoms with E-state index >= 15 is 0 Å². The first-order valence-electron chi connectivity index (χ1n) is 8.12. The van der Waals surface area contributed by atoms with Gasteiger partial charge in [0.1, 0.15) is 12.4 Å². The van der Waals surface area contributed by atoms with Crippen LogP contribution in [0, 0.1) is 6.92 Å². The number of pyridine rings is 2. The molecule has 4 rings (SSSR count). The van der Waals surface area contributed by atoms with Crippen LogP contribution in [-0.4, -0.2) is 44.5 Å². The van der Waals surface area contributed by atoms with Crippen molar-refractivity contribution in [2.24, 2.45) is 0 Å². The molecule has 1 aliphatic rings. The van der Waals surface area contributed by atoms with Gasteiger partial charge >= 0.3 is 0 Å². The molecule has 3 aromatic heterocycles. The normalized spacial score (nSPS) is 15.2. The number of aromatic nitrogens is 4. The van der Waals surface area contributed by atoms with Crippen LogP contribution in [0.1, 0.15) is 16.8 Å². The highest BCUT2D eigenvalue weighted by Gasteiger charge is 2.19. The Kier molecular flexibility index (Phi) is 4.56. The minimum atomic E-state index is -1.39. The lowest BCUT2D eigenvalue weighted by Crippen LogP contribution is -2.07. The quantitative estimate of drug-likeness (QED) is 0.744. The van der Waals surface area contributed by atoms with Crippen molar-refractivity contribution in [3.8, 4) is 11.6 Å². The summed E-state index contributed by atoms with van der Waals surface area (Å²) in [5.41, 5.74) is 3.70. The van der Waals surface area contributed by atoms with E-state index in [0.717, 1.165) is 22.6 Å². The van der Waals surface area contributed by atoms with Crippen LogP contribution in [0.5, 0.6) is 11.6 Å². The average Bonchev–Trinajstić information content (AvgIpc) is 2.93. The predicted octanol–water partition coefficient (Wildman–Crippen LogP) is 1.89. The Morgan fingerprint density at radius 2 is 2.19 bits per heavy atom. The molecule has 1 atom stereocenters. The number of imidazole rings is 1. The van der Waals surface area contributed by atoms with Gasteiger partial charge in [0.2, 0.25) is 5.88 Å². The molecule has 8 nitrogen and oxygen atoms in total. The van der Waals surface area contributed by atoms with Crippen molar-refractivity contribution in [1.82, 2.24) is 19.9 Å². The first-order chi connectivity index (χ1) is 12.7. The Hall–Kier alpha value is -2.52. The number of methoxy groups -OCH3 is 1. The molecule has 0 saturated carbocycles. The Balaban J connectivity index is 1.61. The highest BCUT2D eigenvalue weighted by molar-refractivity contribution is 7.84. The second-order valence-electron chi connectivity index (χ2n) is 5.84. The van der Waals surface area contributed by atoms with Crippen LogP contribution in [0.2, 0.25) is 0 Å². The van der Waals surface area contributed by atoms with E-state index in [0.29, 0.717) is 42.0 Å². The molecule has 9 heteroatoms. The van der Waals surface area contributed by atoms with E-state index in [1.807, 2.05) is 6.92 Å². The van der Waals surface area contributed by atoms with Gasteiger partial charge in [-0.05, 0) is 13.0 Å². The van der Waals surface area contributed by atoms with Crippen molar-refractivity contribution < 1.29 is 18.4 Å². The molecular weight excluding hydrogens is 356 g/mol. The van der Waals surface area contributed by atoms with E-state index in [1.54, 1.807) is 25.4 Å². The van der Waals surface area contributed by atoms with Gasteiger partial charge in [0.05, 0.1) is 48.1 Å². The minimum absolute atomic E-state index is 0.236. The molecular formula is C17H18N4O4S. The highest BCUT2D eigenvalue weighted by atomic mass is 32.2. The highest BCUT2D eigenvalue weighted by Crippen LogP contribution is 2.28. The van der Waals surface area contributed by atoms with Gasteiger partial charge < -0.3 is 19.2 Å². The van der Waals surface area contributed by atoms with E-state index in [2.05, 4.69) is 19.9 Å². The molecule has 0 amide bonds. The molecule has 4 heterocycles. The summed E-state index contributed by atoms with van der Waals surface area (Å²) >= 11 is 0. The summed E-state index contributed by atoms with van der Waals surface area (Å²) in [5, 5.41) is 0.362. The van der Waals surface area contributed by atoms with Crippen molar-refractivity contribution in [1.29, 1.82) is 0 Å². The third-order valence-corrected chi connectivity index (χ3v) is 5.32. The zero-order chi connectivity index (χ0) is 18.1. The third kappa shape index (κ3) is 3.15. The van der Waals surface area contributed by atoms with E-state index in [-0.39, 0.29) is 5.75 Å². The molecule has 1 unspecified atom stereocenters. The van der Waals surface area contributed by atoms with Crippen LogP contribution in [0.25, 0.3) is 11.2 Å². The van der Waals surface area contributed by atoms with Gasteiger partial charge in [-0.15, -0.1) is 0 Å². The van der Waals surface area contributed by atoms with Gasteiger partial charge in [0.25, 0.3) is 0 Å². The number of fused-ring (bicyclic) bond motifs is 2. The molecule has 0 radical (unpaired) electrons. The van der Waals surface area contributed by atoms with Gasteiger partial charge in [0.15, 0.2) is 10.8 Å². The summed E-state index contributed by atoms with van der Waals surface area (Å²) < 4.78 is 29.1. The maximum Gasteiger partial charge on any atom is 0.215 e. The van der Waals surface area contributed by atoms with Gasteiger partial charge in [-0.1, -0.05) is 0 Å². The number of hydrogen-bond donors (Lipinski definition) is 1. The van der Waals surface area contributed by atoms with Crippen LogP contribution in [0.15, 0.2) is 23.5 Å². The molecule has 1 N–H and O–H groups in total. The molecule has 0 aromatic carbocycles. The number of nitrogens with zero attached hydrogens (tertiary/aromatic N) is 3. The van der Waals surface area contributed by atoms with Crippen molar-refractivity contribution in [3.63, 3.8) is 0 Å². The van der Waals surface area contributed by atoms with Gasteiger partial charge in [0, 0.05) is 23.4 Å².